The van der Waals surface area contributed by atoms with E-state index in [4.69, 9.17) is 4.42 Å². The molecule has 0 radical (unpaired) electrons. The molecule has 166 valence electrons. The van der Waals surface area contributed by atoms with Gasteiger partial charge in [0.25, 0.3) is 5.91 Å². The van der Waals surface area contributed by atoms with Crippen molar-refractivity contribution in [3.05, 3.63) is 53.5 Å². The van der Waals surface area contributed by atoms with Gasteiger partial charge >= 0.3 is 0 Å². The van der Waals surface area contributed by atoms with E-state index < -0.39 is 14.6 Å². The van der Waals surface area contributed by atoms with Gasteiger partial charge in [-0.15, -0.1) is 0 Å². The molecule has 2 aliphatic heterocycles. The number of fused-ring (bicyclic) bond motifs is 1. The first-order chi connectivity index (χ1) is 14.9. The molecular formula is C24H30N2O4S. The van der Waals surface area contributed by atoms with Gasteiger partial charge in [-0.2, -0.15) is 0 Å². The lowest BCUT2D eigenvalue weighted by molar-refractivity contribution is 0.0689. The van der Waals surface area contributed by atoms with Crippen LogP contribution in [0.25, 0.3) is 0 Å². The van der Waals surface area contributed by atoms with E-state index in [1.807, 2.05) is 12.1 Å². The average Bonchev–Trinajstić information content (AvgIpc) is 3.35. The molecule has 1 saturated heterocycles. The molecular weight excluding hydrogens is 412 g/mol. The number of benzene rings is 1. The number of carbonyl (C=O) groups is 1. The Labute approximate surface area is 184 Å². The van der Waals surface area contributed by atoms with Gasteiger partial charge in [-0.25, -0.2) is 8.42 Å². The van der Waals surface area contributed by atoms with E-state index in [2.05, 4.69) is 30.0 Å². The molecule has 2 fully saturated rings. The molecule has 1 saturated carbocycles. The minimum atomic E-state index is -3.18. The van der Waals surface area contributed by atoms with Gasteiger partial charge in [0.2, 0.25) is 0 Å². The Hall–Kier alpha value is -2.28. The summed E-state index contributed by atoms with van der Waals surface area (Å²) in [7, 11) is -3.18. The standard InChI is InChI=1S/C24H30N2O4S/c1-18-15-19-7-3-4-8-21(19)26(18)16-20-9-13-30-22(20)23(27)25-12-14-31(28,29)24(17-25)10-5-2-6-11-24/h3-4,7-9,13,18H,2,5-6,10-12,14-17H2,1H3. The molecule has 0 N–H and O–H groups in total. The van der Waals surface area contributed by atoms with E-state index in [1.165, 1.54) is 11.3 Å². The number of nitrogens with zero attached hydrogens (tertiary/aromatic N) is 2. The maximum absolute atomic E-state index is 13.4. The fraction of sp³-hybridized carbons (Fsp3) is 0.542. The van der Waals surface area contributed by atoms with E-state index in [0.717, 1.165) is 31.2 Å². The van der Waals surface area contributed by atoms with Crippen LogP contribution in [0.15, 0.2) is 41.0 Å². The van der Waals surface area contributed by atoms with Crippen LogP contribution in [-0.2, 0) is 22.8 Å². The predicted molar refractivity (Wildman–Crippen MR) is 120 cm³/mol. The van der Waals surface area contributed by atoms with E-state index in [1.54, 1.807) is 11.2 Å². The van der Waals surface area contributed by atoms with Crippen molar-refractivity contribution in [3.8, 4) is 0 Å². The molecule has 2 aromatic rings. The Kier molecular flexibility index (Phi) is 5.12. The summed E-state index contributed by atoms with van der Waals surface area (Å²) in [6.07, 6.45) is 6.79. The first-order valence-electron chi connectivity index (χ1n) is 11.3. The van der Waals surface area contributed by atoms with Crippen LogP contribution >= 0.6 is 0 Å². The van der Waals surface area contributed by atoms with Gasteiger partial charge in [0.15, 0.2) is 15.6 Å². The average molecular weight is 443 g/mol. The van der Waals surface area contributed by atoms with Gasteiger partial charge in [-0.05, 0) is 43.9 Å². The van der Waals surface area contributed by atoms with E-state index in [-0.39, 0.29) is 24.7 Å². The van der Waals surface area contributed by atoms with Gasteiger partial charge in [0, 0.05) is 36.9 Å². The monoisotopic (exact) mass is 442 g/mol. The third-order valence-electron chi connectivity index (χ3n) is 7.45. The molecule has 7 heteroatoms. The quantitative estimate of drug-likeness (QED) is 0.723. The molecule has 1 spiro atoms. The zero-order valence-corrected chi connectivity index (χ0v) is 18.9. The number of para-hydroxylation sites is 1. The minimum Gasteiger partial charge on any atom is -0.459 e. The van der Waals surface area contributed by atoms with Crippen LogP contribution < -0.4 is 4.90 Å². The molecule has 6 nitrogen and oxygen atoms in total. The van der Waals surface area contributed by atoms with Crippen molar-refractivity contribution in [1.29, 1.82) is 0 Å². The van der Waals surface area contributed by atoms with Crippen molar-refractivity contribution in [3.63, 3.8) is 0 Å². The lowest BCUT2D eigenvalue weighted by atomic mass is 9.87. The van der Waals surface area contributed by atoms with Crippen molar-refractivity contribution < 1.29 is 17.6 Å². The molecule has 0 bridgehead atoms. The van der Waals surface area contributed by atoms with Crippen LogP contribution in [0.2, 0.25) is 0 Å². The fourth-order valence-electron chi connectivity index (χ4n) is 5.66. The predicted octanol–water partition coefficient (Wildman–Crippen LogP) is 3.80. The molecule has 3 aliphatic rings. The second-order valence-electron chi connectivity index (χ2n) is 9.37. The molecule has 5 rings (SSSR count). The first-order valence-corrected chi connectivity index (χ1v) is 13.0. The third kappa shape index (κ3) is 3.47. The van der Waals surface area contributed by atoms with Crippen LogP contribution in [-0.4, -0.2) is 48.9 Å². The lowest BCUT2D eigenvalue weighted by Crippen LogP contribution is -2.58. The number of anilines is 1. The second kappa shape index (κ2) is 7.69. The Morgan fingerprint density at radius 2 is 1.94 bits per heavy atom. The number of furan rings is 1. The SMILES string of the molecule is CC1Cc2ccccc2N1Cc1ccoc1C(=O)N1CCS(=O)(=O)C2(CCCCC2)C1. The highest BCUT2D eigenvalue weighted by Crippen LogP contribution is 2.39. The Bertz CT molecular complexity index is 1080. The summed E-state index contributed by atoms with van der Waals surface area (Å²) >= 11 is 0. The number of amides is 1. The van der Waals surface area contributed by atoms with Crippen LogP contribution in [0.1, 0.15) is 60.7 Å². The summed E-state index contributed by atoms with van der Waals surface area (Å²) in [6.45, 7) is 3.33. The fourth-order valence-corrected chi connectivity index (χ4v) is 7.81. The second-order valence-corrected chi connectivity index (χ2v) is 11.9. The number of hydrogen-bond acceptors (Lipinski definition) is 5. The van der Waals surface area contributed by atoms with E-state index in [9.17, 15) is 13.2 Å². The summed E-state index contributed by atoms with van der Waals surface area (Å²) < 4.78 is 30.7. The van der Waals surface area contributed by atoms with Crippen molar-refractivity contribution in [2.75, 3.05) is 23.7 Å². The van der Waals surface area contributed by atoms with Gasteiger partial charge in [-0.3, -0.25) is 4.79 Å². The molecule has 1 unspecified atom stereocenters. The lowest BCUT2D eigenvalue weighted by Gasteiger charge is -2.44. The minimum absolute atomic E-state index is 0.0469. The zero-order chi connectivity index (χ0) is 21.6. The summed E-state index contributed by atoms with van der Waals surface area (Å²) in [4.78, 5) is 17.5. The molecule has 1 atom stereocenters. The molecule has 1 amide bonds. The highest BCUT2D eigenvalue weighted by molar-refractivity contribution is 7.92. The summed E-state index contributed by atoms with van der Waals surface area (Å²) in [5.74, 6) is 0.215. The van der Waals surface area contributed by atoms with Crippen LogP contribution in [0.5, 0.6) is 0 Å². The van der Waals surface area contributed by atoms with Gasteiger partial charge in [0.05, 0.1) is 16.8 Å². The highest BCUT2D eigenvalue weighted by Gasteiger charge is 2.49. The van der Waals surface area contributed by atoms with E-state index in [0.29, 0.717) is 31.2 Å². The molecule has 3 heterocycles. The smallest absolute Gasteiger partial charge is 0.289 e. The number of carbonyl (C=O) groups excluding carboxylic acids is 1. The van der Waals surface area contributed by atoms with Crippen LogP contribution in [0.3, 0.4) is 0 Å². The summed E-state index contributed by atoms with van der Waals surface area (Å²) in [6, 6.07) is 10.6. The van der Waals surface area contributed by atoms with Gasteiger partial charge < -0.3 is 14.2 Å². The van der Waals surface area contributed by atoms with Gasteiger partial charge in [0.1, 0.15) is 0 Å². The molecule has 1 aliphatic carbocycles. The van der Waals surface area contributed by atoms with Gasteiger partial charge in [-0.1, -0.05) is 37.5 Å². The highest BCUT2D eigenvalue weighted by atomic mass is 32.2. The zero-order valence-electron chi connectivity index (χ0n) is 18.0. The van der Waals surface area contributed by atoms with Crippen LogP contribution in [0, 0.1) is 0 Å². The first kappa shape index (κ1) is 20.6. The Balaban J connectivity index is 1.38. The summed E-state index contributed by atoms with van der Waals surface area (Å²) in [5, 5.41) is 0. The number of rotatable bonds is 3. The third-order valence-corrected chi connectivity index (χ3v) is 10.0. The molecule has 1 aromatic heterocycles. The Morgan fingerprint density at radius 3 is 2.74 bits per heavy atom. The van der Waals surface area contributed by atoms with Crippen molar-refractivity contribution in [2.45, 2.75) is 62.8 Å². The number of sulfone groups is 1. The normalized spacial score (nSPS) is 24.4. The molecule has 1 aromatic carbocycles. The maximum atomic E-state index is 13.4. The maximum Gasteiger partial charge on any atom is 0.289 e. The number of hydrogen-bond donors (Lipinski definition) is 0. The van der Waals surface area contributed by atoms with Crippen LogP contribution in [0.4, 0.5) is 5.69 Å². The van der Waals surface area contributed by atoms with Crippen molar-refractivity contribution in [2.24, 2.45) is 0 Å². The van der Waals surface area contributed by atoms with E-state index >= 15 is 0 Å². The van der Waals surface area contributed by atoms with Crippen molar-refractivity contribution >= 4 is 21.4 Å². The Morgan fingerprint density at radius 1 is 1.16 bits per heavy atom. The topological polar surface area (TPSA) is 70.8 Å². The summed E-state index contributed by atoms with van der Waals surface area (Å²) in [5.41, 5.74) is 3.39. The molecule has 31 heavy (non-hydrogen) atoms. The van der Waals surface area contributed by atoms with Crippen molar-refractivity contribution in [1.82, 2.24) is 4.90 Å². The largest absolute Gasteiger partial charge is 0.459 e.